The summed E-state index contributed by atoms with van der Waals surface area (Å²) in [4.78, 5) is 24.7. The highest BCUT2D eigenvalue weighted by Crippen LogP contribution is 2.34. The number of pyridine rings is 1. The average Bonchev–Trinajstić information content (AvgIpc) is 3.28. The van der Waals surface area contributed by atoms with Gasteiger partial charge in [-0.3, -0.25) is 9.59 Å². The van der Waals surface area contributed by atoms with Crippen LogP contribution in [-0.4, -0.2) is 23.6 Å². The number of amides is 1. The standard InChI is InChI=1S/C16H23N3O2/c1-11-9-12(10-19(14(11)20)13-3-4-13)18-15(21)16(2)5-7-17-8-6-16/h9-10,13,17H,3-8H2,1-2H3,(H,18,21). The van der Waals surface area contributed by atoms with Gasteiger partial charge >= 0.3 is 0 Å². The third kappa shape index (κ3) is 2.88. The summed E-state index contributed by atoms with van der Waals surface area (Å²) in [6.45, 7) is 5.59. The molecule has 1 amide bonds. The van der Waals surface area contributed by atoms with Crippen LogP contribution in [0, 0.1) is 12.3 Å². The number of anilines is 1. The summed E-state index contributed by atoms with van der Waals surface area (Å²) in [6, 6.07) is 2.10. The SMILES string of the molecule is Cc1cc(NC(=O)C2(C)CCNCC2)cn(C2CC2)c1=O. The van der Waals surface area contributed by atoms with Crippen molar-refractivity contribution in [3.63, 3.8) is 0 Å². The van der Waals surface area contributed by atoms with Crippen LogP contribution in [0.1, 0.15) is 44.2 Å². The third-order valence-corrected chi connectivity index (χ3v) is 4.68. The van der Waals surface area contributed by atoms with E-state index in [2.05, 4.69) is 10.6 Å². The smallest absolute Gasteiger partial charge is 0.253 e. The third-order valence-electron chi connectivity index (χ3n) is 4.68. The van der Waals surface area contributed by atoms with E-state index in [1.165, 1.54) is 0 Å². The fourth-order valence-electron chi connectivity index (χ4n) is 2.92. The van der Waals surface area contributed by atoms with E-state index in [0.717, 1.165) is 44.5 Å². The minimum Gasteiger partial charge on any atom is -0.324 e. The minimum atomic E-state index is -0.320. The van der Waals surface area contributed by atoms with Gasteiger partial charge in [-0.25, -0.2) is 0 Å². The molecule has 2 fully saturated rings. The molecule has 1 aliphatic carbocycles. The van der Waals surface area contributed by atoms with Crippen LogP contribution in [0.3, 0.4) is 0 Å². The number of aryl methyl sites for hydroxylation is 1. The summed E-state index contributed by atoms with van der Waals surface area (Å²) < 4.78 is 1.77. The largest absolute Gasteiger partial charge is 0.324 e. The Morgan fingerprint density at radius 3 is 2.67 bits per heavy atom. The van der Waals surface area contributed by atoms with Crippen molar-refractivity contribution in [2.24, 2.45) is 5.41 Å². The molecular formula is C16H23N3O2. The first-order valence-corrected chi connectivity index (χ1v) is 7.74. The Hall–Kier alpha value is -1.62. The van der Waals surface area contributed by atoms with E-state index in [4.69, 9.17) is 0 Å². The van der Waals surface area contributed by atoms with E-state index in [1.807, 2.05) is 13.8 Å². The zero-order valence-corrected chi connectivity index (χ0v) is 12.7. The first kappa shape index (κ1) is 14.3. The molecule has 0 unspecified atom stereocenters. The molecule has 1 aliphatic heterocycles. The lowest BCUT2D eigenvalue weighted by Gasteiger charge is -2.32. The summed E-state index contributed by atoms with van der Waals surface area (Å²) in [5.74, 6) is 0.0596. The van der Waals surface area contributed by atoms with Crippen LogP contribution in [0.25, 0.3) is 0 Å². The number of rotatable bonds is 3. The summed E-state index contributed by atoms with van der Waals surface area (Å²) in [5.41, 5.74) is 1.17. The molecule has 0 spiro atoms. The molecule has 1 aromatic heterocycles. The molecule has 2 N–H and O–H groups in total. The summed E-state index contributed by atoms with van der Waals surface area (Å²) in [6.07, 6.45) is 5.61. The lowest BCUT2D eigenvalue weighted by atomic mass is 9.80. The Morgan fingerprint density at radius 1 is 1.38 bits per heavy atom. The van der Waals surface area contributed by atoms with Gasteiger partial charge < -0.3 is 15.2 Å². The minimum absolute atomic E-state index is 0.0589. The molecule has 1 saturated carbocycles. The lowest BCUT2D eigenvalue weighted by molar-refractivity contribution is -0.126. The fraction of sp³-hybridized carbons (Fsp3) is 0.625. The number of carbonyl (C=O) groups excluding carboxylic acids is 1. The Kier molecular flexibility index (Phi) is 3.61. The summed E-state index contributed by atoms with van der Waals surface area (Å²) in [7, 11) is 0. The highest BCUT2D eigenvalue weighted by molar-refractivity contribution is 5.95. The van der Waals surface area contributed by atoms with Crippen molar-refractivity contribution in [3.05, 3.63) is 28.2 Å². The van der Waals surface area contributed by atoms with Gasteiger partial charge in [0.05, 0.1) is 5.69 Å². The van der Waals surface area contributed by atoms with Crippen molar-refractivity contribution >= 4 is 11.6 Å². The topological polar surface area (TPSA) is 63.1 Å². The normalized spacial score (nSPS) is 21.0. The number of hydrogen-bond acceptors (Lipinski definition) is 3. The monoisotopic (exact) mass is 289 g/mol. The molecule has 0 bridgehead atoms. The molecule has 0 radical (unpaired) electrons. The van der Waals surface area contributed by atoms with Crippen LogP contribution in [-0.2, 0) is 4.79 Å². The predicted octanol–water partition coefficient (Wildman–Crippen LogP) is 1.82. The molecule has 5 heteroatoms. The summed E-state index contributed by atoms with van der Waals surface area (Å²) in [5, 5.41) is 6.30. The second-order valence-electron chi connectivity index (χ2n) is 6.62. The van der Waals surface area contributed by atoms with Gasteiger partial charge in [-0.1, -0.05) is 6.92 Å². The van der Waals surface area contributed by atoms with E-state index >= 15 is 0 Å². The molecule has 2 heterocycles. The molecule has 21 heavy (non-hydrogen) atoms. The van der Waals surface area contributed by atoms with Crippen molar-refractivity contribution in [2.75, 3.05) is 18.4 Å². The zero-order chi connectivity index (χ0) is 15.0. The van der Waals surface area contributed by atoms with E-state index in [0.29, 0.717) is 11.6 Å². The van der Waals surface area contributed by atoms with Gasteiger partial charge in [0, 0.05) is 23.2 Å². The van der Waals surface area contributed by atoms with E-state index in [1.54, 1.807) is 16.8 Å². The van der Waals surface area contributed by atoms with Crippen LogP contribution in [0.2, 0.25) is 0 Å². The molecule has 0 aromatic carbocycles. The van der Waals surface area contributed by atoms with Gasteiger partial charge in [0.2, 0.25) is 5.91 Å². The maximum Gasteiger partial charge on any atom is 0.253 e. The van der Waals surface area contributed by atoms with Crippen LogP contribution in [0.15, 0.2) is 17.1 Å². The fourth-order valence-corrected chi connectivity index (χ4v) is 2.92. The number of carbonyl (C=O) groups is 1. The molecular weight excluding hydrogens is 266 g/mol. The number of hydrogen-bond donors (Lipinski definition) is 2. The van der Waals surface area contributed by atoms with Gasteiger partial charge in [0.25, 0.3) is 5.56 Å². The number of nitrogens with one attached hydrogen (secondary N) is 2. The van der Waals surface area contributed by atoms with E-state index < -0.39 is 0 Å². The van der Waals surface area contributed by atoms with Crippen LogP contribution in [0.5, 0.6) is 0 Å². The van der Waals surface area contributed by atoms with Gasteiger partial charge in [-0.15, -0.1) is 0 Å². The van der Waals surface area contributed by atoms with E-state index in [-0.39, 0.29) is 16.9 Å². The van der Waals surface area contributed by atoms with Crippen LogP contribution < -0.4 is 16.2 Å². The highest BCUT2D eigenvalue weighted by Gasteiger charge is 2.34. The quantitative estimate of drug-likeness (QED) is 0.892. The predicted molar refractivity (Wildman–Crippen MR) is 82.6 cm³/mol. The van der Waals surface area contributed by atoms with Crippen LogP contribution >= 0.6 is 0 Å². The van der Waals surface area contributed by atoms with E-state index in [9.17, 15) is 9.59 Å². The van der Waals surface area contributed by atoms with Crippen LogP contribution in [0.4, 0.5) is 5.69 Å². The molecule has 1 saturated heterocycles. The second kappa shape index (κ2) is 5.30. The van der Waals surface area contributed by atoms with Crippen molar-refractivity contribution in [1.82, 2.24) is 9.88 Å². The molecule has 3 rings (SSSR count). The van der Waals surface area contributed by atoms with Gasteiger partial charge in [0.15, 0.2) is 0 Å². The second-order valence-corrected chi connectivity index (χ2v) is 6.62. The average molecular weight is 289 g/mol. The Morgan fingerprint density at radius 2 is 2.05 bits per heavy atom. The molecule has 2 aliphatic rings. The molecule has 0 atom stereocenters. The maximum atomic E-state index is 12.6. The number of nitrogens with zero attached hydrogens (tertiary/aromatic N) is 1. The Labute approximate surface area is 124 Å². The van der Waals surface area contributed by atoms with Crippen molar-refractivity contribution < 1.29 is 4.79 Å². The summed E-state index contributed by atoms with van der Waals surface area (Å²) >= 11 is 0. The van der Waals surface area contributed by atoms with Gasteiger partial charge in [-0.05, 0) is 51.8 Å². The van der Waals surface area contributed by atoms with Crippen molar-refractivity contribution in [1.29, 1.82) is 0 Å². The van der Waals surface area contributed by atoms with Crippen molar-refractivity contribution in [3.8, 4) is 0 Å². The van der Waals surface area contributed by atoms with Gasteiger partial charge in [-0.2, -0.15) is 0 Å². The maximum absolute atomic E-state index is 12.6. The Bertz CT molecular complexity index is 610. The molecule has 1 aromatic rings. The lowest BCUT2D eigenvalue weighted by Crippen LogP contribution is -2.43. The molecule has 5 nitrogen and oxygen atoms in total. The number of aromatic nitrogens is 1. The van der Waals surface area contributed by atoms with Crippen molar-refractivity contribution in [2.45, 2.75) is 45.6 Å². The first-order chi connectivity index (χ1) is 9.99. The number of piperidine rings is 1. The highest BCUT2D eigenvalue weighted by atomic mass is 16.2. The zero-order valence-electron chi connectivity index (χ0n) is 12.7. The Balaban J connectivity index is 1.81. The molecule has 114 valence electrons. The van der Waals surface area contributed by atoms with Gasteiger partial charge in [0.1, 0.15) is 0 Å². The first-order valence-electron chi connectivity index (χ1n) is 7.74.